The van der Waals surface area contributed by atoms with Gasteiger partial charge in [0.15, 0.2) is 12.2 Å². The Kier molecular flexibility index (Phi) is 43.0. The number of nitrogens with zero attached hydrogens (tertiary/aromatic N) is 1. The molecule has 0 aliphatic carbocycles. The summed E-state index contributed by atoms with van der Waals surface area (Å²) in [7, 11) is 0. The van der Waals surface area contributed by atoms with Gasteiger partial charge in [0, 0.05) is 25.9 Å². The molecule has 0 radical (unpaired) electrons. The van der Waals surface area contributed by atoms with Crippen molar-refractivity contribution in [2.24, 2.45) is 0 Å². The van der Waals surface area contributed by atoms with E-state index in [9.17, 15) is 30.0 Å². The van der Waals surface area contributed by atoms with E-state index in [0.717, 1.165) is 83.5 Å². The Morgan fingerprint density at radius 1 is 0.452 bits per heavy atom. The van der Waals surface area contributed by atoms with E-state index in [1.165, 1.54) is 147 Å². The van der Waals surface area contributed by atoms with E-state index in [0.29, 0.717) is 51.7 Å². The first-order valence-electron chi connectivity index (χ1n) is 31.3. The predicted molar refractivity (Wildman–Crippen MR) is 300 cm³/mol. The standard InChI is InChI=1S/C62H117NO10/c1-5-9-13-17-21-23-27-31-38-53(64)45-44-52(47-54(65)39-32-28-24-22-18-14-10-6-2)37-30-29-35-42-59(68)72-57-50-70-62-58(51-71-61(57)62)73-60(69)43-36-46-63(48-55(66)40-33-25-19-15-11-7-3)49-56(67)41-34-26-20-16-12-8-4/h44,53-58,61-62,64-67H,5-43,45-51H2,1-4H3/b52-44-/t53?,54?,55?,56?,57-,58+,61?,62?/m0/s1. The van der Waals surface area contributed by atoms with Crippen molar-refractivity contribution in [2.45, 2.75) is 340 Å². The predicted octanol–water partition coefficient (Wildman–Crippen LogP) is 14.4. The number of fused-ring (bicyclic) bond motifs is 1. The summed E-state index contributed by atoms with van der Waals surface area (Å²) < 4.78 is 23.8. The first-order chi connectivity index (χ1) is 35.6. The lowest BCUT2D eigenvalue weighted by molar-refractivity contribution is -0.155. The lowest BCUT2D eigenvalue weighted by Crippen LogP contribution is -2.39. The fourth-order valence-corrected chi connectivity index (χ4v) is 10.8. The molecule has 2 heterocycles. The normalized spacial score (nSPS) is 19.6. The van der Waals surface area contributed by atoms with Crippen LogP contribution in [-0.4, -0.2) is 119 Å². The summed E-state index contributed by atoms with van der Waals surface area (Å²) in [5, 5.41) is 43.7. The molecule has 0 aromatic carbocycles. The summed E-state index contributed by atoms with van der Waals surface area (Å²) >= 11 is 0. The zero-order valence-corrected chi connectivity index (χ0v) is 47.9. The molecule has 11 nitrogen and oxygen atoms in total. The highest BCUT2D eigenvalue weighted by Crippen LogP contribution is 2.31. The smallest absolute Gasteiger partial charge is 0.306 e. The van der Waals surface area contributed by atoms with Gasteiger partial charge in [-0.2, -0.15) is 0 Å². The van der Waals surface area contributed by atoms with E-state index in [-0.39, 0.29) is 43.8 Å². The average molecular weight is 1040 g/mol. The highest BCUT2D eigenvalue weighted by atomic mass is 16.7. The minimum absolute atomic E-state index is 0.191. The number of carbonyl (C=O) groups is 2. The highest BCUT2D eigenvalue weighted by molar-refractivity contribution is 5.70. The monoisotopic (exact) mass is 1040 g/mol. The number of hydrogen-bond acceptors (Lipinski definition) is 11. The first-order valence-corrected chi connectivity index (χ1v) is 31.3. The number of rotatable bonds is 52. The van der Waals surface area contributed by atoms with Crippen molar-refractivity contribution in [2.75, 3.05) is 32.8 Å². The number of aliphatic hydroxyl groups excluding tert-OH is 4. The minimum atomic E-state index is -0.567. The van der Waals surface area contributed by atoms with E-state index < -0.39 is 36.6 Å². The second kappa shape index (κ2) is 46.5. The van der Waals surface area contributed by atoms with Crippen LogP contribution in [-0.2, 0) is 28.5 Å². The summed E-state index contributed by atoms with van der Waals surface area (Å²) in [5.41, 5.74) is 1.22. The van der Waals surface area contributed by atoms with Gasteiger partial charge in [0.2, 0.25) is 0 Å². The van der Waals surface area contributed by atoms with Crippen LogP contribution in [0.1, 0.15) is 291 Å². The number of carbonyl (C=O) groups excluding carboxylic acids is 2. The second-order valence-electron chi connectivity index (χ2n) is 22.6. The van der Waals surface area contributed by atoms with Gasteiger partial charge in [-0.15, -0.1) is 0 Å². The lowest BCUT2D eigenvalue weighted by atomic mass is 9.95. The molecule has 2 aliphatic heterocycles. The molecule has 0 aromatic heterocycles. The fourth-order valence-electron chi connectivity index (χ4n) is 10.8. The molecule has 6 unspecified atom stereocenters. The summed E-state index contributed by atoms with van der Waals surface area (Å²) in [6.45, 7) is 10.9. The van der Waals surface area contributed by atoms with E-state index in [4.69, 9.17) is 18.9 Å². The van der Waals surface area contributed by atoms with E-state index >= 15 is 0 Å². The van der Waals surface area contributed by atoms with Crippen LogP contribution in [0, 0.1) is 0 Å². The maximum absolute atomic E-state index is 13.1. The molecule has 0 bridgehead atoms. The van der Waals surface area contributed by atoms with Gasteiger partial charge >= 0.3 is 11.9 Å². The maximum atomic E-state index is 13.1. The summed E-state index contributed by atoms with van der Waals surface area (Å²) in [6.07, 6.45) is 41.4. The van der Waals surface area contributed by atoms with Crippen LogP contribution in [0.4, 0.5) is 0 Å². The van der Waals surface area contributed by atoms with Crippen LogP contribution in [0.25, 0.3) is 0 Å². The van der Waals surface area contributed by atoms with Gasteiger partial charge in [0.1, 0.15) is 12.2 Å². The SMILES string of the molecule is CCCCCCCCCCC(O)C/C=C(/CCCCCC(=O)O[C@H]1COC2C1OC[C@H]2OC(=O)CCCN(CC(O)CCCCCCCC)CC(O)CCCCCCCC)CC(O)CCCCCCCCCC. The van der Waals surface area contributed by atoms with Crippen LogP contribution in [0.2, 0.25) is 0 Å². The quantitative estimate of drug-likeness (QED) is 0.0261. The minimum Gasteiger partial charge on any atom is -0.457 e. The molecule has 2 rings (SSSR count). The number of hydrogen-bond donors (Lipinski definition) is 4. The number of esters is 2. The van der Waals surface area contributed by atoms with E-state index in [1.54, 1.807) is 0 Å². The lowest BCUT2D eigenvalue weighted by Gasteiger charge is -2.27. The third-order valence-corrected chi connectivity index (χ3v) is 15.4. The topological polar surface area (TPSA) is 155 Å². The van der Waals surface area contributed by atoms with Crippen molar-refractivity contribution >= 4 is 11.9 Å². The Balaban J connectivity index is 1.77. The Hall–Kier alpha value is -1.60. The van der Waals surface area contributed by atoms with Crippen molar-refractivity contribution in [1.29, 1.82) is 0 Å². The summed E-state index contributed by atoms with van der Waals surface area (Å²) in [5.74, 6) is -0.609. The van der Waals surface area contributed by atoms with Gasteiger partial charge in [-0.25, -0.2) is 0 Å². The average Bonchev–Trinajstić information content (AvgIpc) is 3.96. The first kappa shape index (κ1) is 67.5. The van der Waals surface area contributed by atoms with Gasteiger partial charge in [-0.3, -0.25) is 14.5 Å². The van der Waals surface area contributed by atoms with Gasteiger partial charge in [-0.1, -0.05) is 226 Å². The van der Waals surface area contributed by atoms with Crippen molar-refractivity contribution in [1.82, 2.24) is 4.90 Å². The molecule has 2 fully saturated rings. The van der Waals surface area contributed by atoms with Crippen molar-refractivity contribution < 1.29 is 49.0 Å². The zero-order valence-electron chi connectivity index (χ0n) is 47.9. The van der Waals surface area contributed by atoms with E-state index in [1.807, 2.05) is 0 Å². The molecule has 0 spiro atoms. The van der Waals surface area contributed by atoms with Crippen LogP contribution < -0.4 is 0 Å². The molecule has 0 aromatic rings. The third-order valence-electron chi connectivity index (χ3n) is 15.4. The molecule has 73 heavy (non-hydrogen) atoms. The zero-order chi connectivity index (χ0) is 53.0. The Labute approximate surface area is 448 Å². The van der Waals surface area contributed by atoms with Crippen LogP contribution in [0.3, 0.4) is 0 Å². The molecule has 11 heteroatoms. The molecule has 430 valence electrons. The van der Waals surface area contributed by atoms with Crippen molar-refractivity contribution in [3.63, 3.8) is 0 Å². The number of unbranched alkanes of at least 4 members (excludes halogenated alkanes) is 26. The molecule has 0 amide bonds. The molecule has 8 atom stereocenters. The number of aliphatic hydroxyl groups is 4. The Bertz CT molecular complexity index is 1290. The Morgan fingerprint density at radius 3 is 1.22 bits per heavy atom. The summed E-state index contributed by atoms with van der Waals surface area (Å²) in [6, 6.07) is 0. The van der Waals surface area contributed by atoms with Crippen LogP contribution in [0.5, 0.6) is 0 Å². The summed E-state index contributed by atoms with van der Waals surface area (Å²) in [4.78, 5) is 28.3. The van der Waals surface area contributed by atoms with Crippen molar-refractivity contribution in [3.8, 4) is 0 Å². The van der Waals surface area contributed by atoms with Gasteiger partial charge < -0.3 is 39.4 Å². The molecule has 4 N–H and O–H groups in total. The largest absolute Gasteiger partial charge is 0.457 e. The maximum Gasteiger partial charge on any atom is 0.306 e. The third kappa shape index (κ3) is 36.2. The Morgan fingerprint density at radius 2 is 0.795 bits per heavy atom. The number of ether oxygens (including phenoxy) is 4. The molecule has 2 saturated heterocycles. The molecule has 2 aliphatic rings. The molecular formula is C62H117NO10. The molecular weight excluding hydrogens is 919 g/mol. The van der Waals surface area contributed by atoms with Gasteiger partial charge in [0.05, 0.1) is 37.6 Å². The fraction of sp³-hybridized carbons (Fsp3) is 0.935. The molecule has 0 saturated carbocycles. The van der Waals surface area contributed by atoms with E-state index in [2.05, 4.69) is 38.7 Å². The van der Waals surface area contributed by atoms with Gasteiger partial charge in [0.25, 0.3) is 0 Å². The van der Waals surface area contributed by atoms with Crippen LogP contribution >= 0.6 is 0 Å². The van der Waals surface area contributed by atoms with Crippen molar-refractivity contribution in [3.05, 3.63) is 11.6 Å². The second-order valence-corrected chi connectivity index (χ2v) is 22.6. The van der Waals surface area contributed by atoms with Crippen LogP contribution in [0.15, 0.2) is 11.6 Å². The highest BCUT2D eigenvalue weighted by Gasteiger charge is 2.51. The van der Waals surface area contributed by atoms with Gasteiger partial charge in [-0.05, 0) is 70.8 Å².